The van der Waals surface area contributed by atoms with Gasteiger partial charge in [0.15, 0.2) is 0 Å². The number of carbonyl (C=O) groups excluding carboxylic acids is 1. The zero-order chi connectivity index (χ0) is 16.9. The second kappa shape index (κ2) is 7.99. The smallest absolute Gasteiger partial charge is 0.319 e. The average molecular weight is 331 g/mol. The normalized spacial score (nSPS) is 22.5. The number of benzene rings is 1. The van der Waals surface area contributed by atoms with Crippen LogP contribution in [0.25, 0.3) is 0 Å². The third-order valence-electron chi connectivity index (χ3n) is 5.17. The molecule has 2 amide bonds. The molecular formula is C19H29N3O2. The SMILES string of the molecule is Cc1ccc(NC(=O)NC2CCN(CC3CCCO3)CC2)cc1C. The number of piperidine rings is 1. The van der Waals surface area contributed by atoms with Gasteiger partial charge < -0.3 is 20.3 Å². The van der Waals surface area contributed by atoms with Gasteiger partial charge in [0.2, 0.25) is 0 Å². The van der Waals surface area contributed by atoms with Gasteiger partial charge in [-0.2, -0.15) is 0 Å². The number of rotatable bonds is 4. The molecule has 5 nitrogen and oxygen atoms in total. The van der Waals surface area contributed by atoms with Crippen molar-refractivity contribution in [3.63, 3.8) is 0 Å². The van der Waals surface area contributed by atoms with E-state index in [0.29, 0.717) is 6.10 Å². The molecule has 24 heavy (non-hydrogen) atoms. The van der Waals surface area contributed by atoms with Crippen molar-refractivity contribution >= 4 is 11.7 Å². The third-order valence-corrected chi connectivity index (χ3v) is 5.17. The fourth-order valence-corrected chi connectivity index (χ4v) is 3.51. The highest BCUT2D eigenvalue weighted by molar-refractivity contribution is 5.89. The molecule has 2 aliphatic rings. The molecule has 2 fully saturated rings. The Morgan fingerprint density at radius 1 is 1.21 bits per heavy atom. The molecule has 0 saturated carbocycles. The topological polar surface area (TPSA) is 53.6 Å². The van der Waals surface area contributed by atoms with E-state index in [0.717, 1.165) is 44.8 Å². The van der Waals surface area contributed by atoms with E-state index in [9.17, 15) is 4.79 Å². The molecule has 2 saturated heterocycles. The van der Waals surface area contributed by atoms with Crippen molar-refractivity contribution in [2.24, 2.45) is 0 Å². The van der Waals surface area contributed by atoms with Crippen LogP contribution in [0.5, 0.6) is 0 Å². The van der Waals surface area contributed by atoms with Crippen LogP contribution in [0, 0.1) is 13.8 Å². The highest BCUT2D eigenvalue weighted by Gasteiger charge is 2.24. The molecule has 1 aromatic carbocycles. The zero-order valence-electron chi connectivity index (χ0n) is 14.8. The van der Waals surface area contributed by atoms with Crippen molar-refractivity contribution in [3.05, 3.63) is 29.3 Å². The summed E-state index contributed by atoms with van der Waals surface area (Å²) in [6, 6.07) is 6.16. The van der Waals surface area contributed by atoms with Crippen LogP contribution in [0.4, 0.5) is 10.5 Å². The number of aryl methyl sites for hydroxylation is 2. The van der Waals surface area contributed by atoms with Crippen molar-refractivity contribution in [3.8, 4) is 0 Å². The molecule has 132 valence electrons. The van der Waals surface area contributed by atoms with Crippen LogP contribution in [-0.4, -0.2) is 49.3 Å². The summed E-state index contributed by atoms with van der Waals surface area (Å²) >= 11 is 0. The Kier molecular flexibility index (Phi) is 5.74. The second-order valence-corrected chi connectivity index (χ2v) is 7.11. The lowest BCUT2D eigenvalue weighted by molar-refractivity contribution is 0.0633. The summed E-state index contributed by atoms with van der Waals surface area (Å²) in [5.74, 6) is 0. The molecule has 1 aromatic rings. The summed E-state index contributed by atoms with van der Waals surface area (Å²) in [6.07, 6.45) is 4.82. The standard InChI is InChI=1S/C19H29N3O2/c1-14-5-6-17(12-15(14)2)21-19(23)20-16-7-9-22(10-8-16)13-18-4-3-11-24-18/h5-6,12,16,18H,3-4,7-11,13H2,1-2H3,(H2,20,21,23). The van der Waals surface area contributed by atoms with Crippen molar-refractivity contribution < 1.29 is 9.53 Å². The van der Waals surface area contributed by atoms with Gasteiger partial charge in [0.25, 0.3) is 0 Å². The van der Waals surface area contributed by atoms with Gasteiger partial charge >= 0.3 is 6.03 Å². The van der Waals surface area contributed by atoms with E-state index in [1.165, 1.54) is 24.0 Å². The monoisotopic (exact) mass is 331 g/mol. The minimum atomic E-state index is -0.101. The number of likely N-dealkylation sites (tertiary alicyclic amines) is 1. The molecule has 0 radical (unpaired) electrons. The zero-order valence-corrected chi connectivity index (χ0v) is 14.8. The third kappa shape index (κ3) is 4.71. The van der Waals surface area contributed by atoms with E-state index >= 15 is 0 Å². The van der Waals surface area contributed by atoms with E-state index in [1.807, 2.05) is 18.2 Å². The summed E-state index contributed by atoms with van der Waals surface area (Å²) < 4.78 is 5.71. The van der Waals surface area contributed by atoms with Gasteiger partial charge in [0.1, 0.15) is 0 Å². The first kappa shape index (κ1) is 17.2. The Balaban J connectivity index is 1.40. The molecule has 2 heterocycles. The van der Waals surface area contributed by atoms with E-state index < -0.39 is 0 Å². The Morgan fingerprint density at radius 2 is 2.00 bits per heavy atom. The van der Waals surface area contributed by atoms with Crippen LogP contribution < -0.4 is 10.6 Å². The predicted molar refractivity (Wildman–Crippen MR) is 96.5 cm³/mol. The number of nitrogens with zero attached hydrogens (tertiary/aromatic N) is 1. The van der Waals surface area contributed by atoms with Crippen molar-refractivity contribution in [1.29, 1.82) is 0 Å². The lowest BCUT2D eigenvalue weighted by Crippen LogP contribution is -2.47. The maximum Gasteiger partial charge on any atom is 0.319 e. The van der Waals surface area contributed by atoms with Gasteiger partial charge in [-0.05, 0) is 62.8 Å². The number of ether oxygens (including phenoxy) is 1. The molecule has 3 rings (SSSR count). The van der Waals surface area contributed by atoms with E-state index in [1.54, 1.807) is 0 Å². The minimum absolute atomic E-state index is 0.101. The minimum Gasteiger partial charge on any atom is -0.377 e. The largest absolute Gasteiger partial charge is 0.377 e. The first-order valence-electron chi connectivity index (χ1n) is 9.09. The maximum atomic E-state index is 12.2. The van der Waals surface area contributed by atoms with Gasteiger partial charge in [0.05, 0.1) is 6.10 Å². The Labute approximate surface area is 144 Å². The first-order valence-corrected chi connectivity index (χ1v) is 9.09. The fourth-order valence-electron chi connectivity index (χ4n) is 3.51. The summed E-state index contributed by atoms with van der Waals surface area (Å²) in [4.78, 5) is 14.6. The molecule has 2 N–H and O–H groups in total. The van der Waals surface area contributed by atoms with Crippen molar-refractivity contribution in [2.75, 3.05) is 31.6 Å². The van der Waals surface area contributed by atoms with Crippen LogP contribution in [0.15, 0.2) is 18.2 Å². The molecule has 0 aromatic heterocycles. The Hall–Kier alpha value is -1.59. The number of carbonyl (C=O) groups is 1. The van der Waals surface area contributed by atoms with Crippen LogP contribution in [0.2, 0.25) is 0 Å². The number of anilines is 1. The number of hydrogen-bond acceptors (Lipinski definition) is 3. The van der Waals surface area contributed by atoms with Crippen LogP contribution in [0.3, 0.4) is 0 Å². The molecule has 0 spiro atoms. The number of nitrogens with one attached hydrogen (secondary N) is 2. The van der Waals surface area contributed by atoms with E-state index in [-0.39, 0.29) is 12.1 Å². The molecule has 0 bridgehead atoms. The van der Waals surface area contributed by atoms with E-state index in [2.05, 4.69) is 29.4 Å². The van der Waals surface area contributed by atoms with Crippen molar-refractivity contribution in [2.45, 2.75) is 51.7 Å². The molecule has 1 unspecified atom stereocenters. The fraction of sp³-hybridized carbons (Fsp3) is 0.632. The summed E-state index contributed by atoms with van der Waals surface area (Å²) in [6.45, 7) is 8.16. The molecular weight excluding hydrogens is 302 g/mol. The summed E-state index contributed by atoms with van der Waals surface area (Å²) in [5.41, 5.74) is 3.28. The van der Waals surface area contributed by atoms with Gasteiger partial charge in [-0.15, -0.1) is 0 Å². The van der Waals surface area contributed by atoms with Gasteiger partial charge in [0, 0.05) is 38.0 Å². The van der Waals surface area contributed by atoms with Crippen molar-refractivity contribution in [1.82, 2.24) is 10.2 Å². The Bertz CT molecular complexity index is 562. The van der Waals surface area contributed by atoms with E-state index in [4.69, 9.17) is 4.74 Å². The molecule has 2 aliphatic heterocycles. The average Bonchev–Trinajstić information content (AvgIpc) is 3.06. The van der Waals surface area contributed by atoms with Gasteiger partial charge in [-0.25, -0.2) is 4.79 Å². The lowest BCUT2D eigenvalue weighted by atomic mass is 10.0. The van der Waals surface area contributed by atoms with Gasteiger partial charge in [-0.3, -0.25) is 0 Å². The summed E-state index contributed by atoms with van der Waals surface area (Å²) in [7, 11) is 0. The Morgan fingerprint density at radius 3 is 2.67 bits per heavy atom. The lowest BCUT2D eigenvalue weighted by Gasteiger charge is -2.33. The highest BCUT2D eigenvalue weighted by Crippen LogP contribution is 2.17. The maximum absolute atomic E-state index is 12.2. The summed E-state index contributed by atoms with van der Waals surface area (Å²) in [5, 5.41) is 6.05. The van der Waals surface area contributed by atoms with Crippen LogP contribution in [-0.2, 0) is 4.74 Å². The van der Waals surface area contributed by atoms with Crippen LogP contribution in [0.1, 0.15) is 36.8 Å². The number of hydrogen-bond donors (Lipinski definition) is 2. The number of urea groups is 1. The van der Waals surface area contributed by atoms with Crippen LogP contribution >= 0.6 is 0 Å². The molecule has 5 heteroatoms. The van der Waals surface area contributed by atoms with Gasteiger partial charge in [-0.1, -0.05) is 6.07 Å². The quantitative estimate of drug-likeness (QED) is 0.891. The highest BCUT2D eigenvalue weighted by atomic mass is 16.5. The molecule has 1 atom stereocenters. The predicted octanol–water partition coefficient (Wildman–Crippen LogP) is 3.07. The second-order valence-electron chi connectivity index (χ2n) is 7.11. The number of amides is 2. The molecule has 0 aliphatic carbocycles. The first-order chi connectivity index (χ1) is 11.6.